The van der Waals surface area contributed by atoms with Crippen LogP contribution in [-0.2, 0) is 27.2 Å². The van der Waals surface area contributed by atoms with Gasteiger partial charge in [-0.1, -0.05) is 61.5 Å². The third-order valence-electron chi connectivity index (χ3n) is 4.53. The molecule has 0 bridgehead atoms. The fourth-order valence-corrected chi connectivity index (χ4v) is 3.51. The number of hydrogen-bond acceptors (Lipinski definition) is 5. The molecule has 2 aromatic carbocycles. The van der Waals surface area contributed by atoms with Crippen molar-refractivity contribution >= 4 is 28.3 Å². The lowest BCUT2D eigenvalue weighted by molar-refractivity contribution is -0.153. The number of aryl methyl sites for hydroxylation is 2. The van der Waals surface area contributed by atoms with Crippen molar-refractivity contribution in [3.05, 3.63) is 71.1 Å². The summed E-state index contributed by atoms with van der Waals surface area (Å²) in [7, 11) is 0. The van der Waals surface area contributed by atoms with Crippen molar-refractivity contribution in [2.45, 2.75) is 39.2 Å². The van der Waals surface area contributed by atoms with Crippen LogP contribution in [-0.4, -0.2) is 23.0 Å². The van der Waals surface area contributed by atoms with Crippen molar-refractivity contribution < 1.29 is 14.3 Å². The number of nitrogens with zero attached hydrogens (tertiary/aromatic N) is 1. The van der Waals surface area contributed by atoms with Crippen LogP contribution >= 0.6 is 11.3 Å². The summed E-state index contributed by atoms with van der Waals surface area (Å²) in [6, 6.07) is 17.9. The Hall–Kier alpha value is -2.99. The van der Waals surface area contributed by atoms with E-state index in [1.54, 1.807) is 6.92 Å². The van der Waals surface area contributed by atoms with E-state index in [1.807, 2.05) is 47.8 Å². The summed E-state index contributed by atoms with van der Waals surface area (Å²) in [4.78, 5) is 28.8. The van der Waals surface area contributed by atoms with Crippen LogP contribution in [0, 0.1) is 0 Å². The molecule has 0 saturated carbocycles. The number of ether oxygens (including phenoxy) is 1. The number of hydrogen-bond donors (Lipinski definition) is 1. The van der Waals surface area contributed by atoms with Crippen LogP contribution in [0.5, 0.6) is 0 Å². The molecule has 6 heteroatoms. The van der Waals surface area contributed by atoms with Crippen LogP contribution in [0.1, 0.15) is 31.4 Å². The van der Waals surface area contributed by atoms with Gasteiger partial charge >= 0.3 is 5.97 Å². The van der Waals surface area contributed by atoms with E-state index < -0.39 is 12.1 Å². The largest absolute Gasteiger partial charge is 0.453 e. The first-order valence-corrected chi connectivity index (χ1v) is 10.5. The molecule has 3 rings (SSSR count). The van der Waals surface area contributed by atoms with Gasteiger partial charge < -0.3 is 4.74 Å². The highest BCUT2D eigenvalue weighted by Crippen LogP contribution is 2.25. The summed E-state index contributed by atoms with van der Waals surface area (Å²) in [6.07, 6.45) is 0.924. The van der Waals surface area contributed by atoms with Crippen molar-refractivity contribution in [2.24, 2.45) is 0 Å². The number of thiazole rings is 1. The van der Waals surface area contributed by atoms with E-state index in [-0.39, 0.29) is 12.3 Å². The van der Waals surface area contributed by atoms with Gasteiger partial charge in [0.2, 0.25) is 0 Å². The van der Waals surface area contributed by atoms with Crippen molar-refractivity contribution in [3.63, 3.8) is 0 Å². The third kappa shape index (κ3) is 5.99. The molecular weight excluding hydrogens is 384 g/mol. The Morgan fingerprint density at radius 1 is 1.07 bits per heavy atom. The predicted molar refractivity (Wildman–Crippen MR) is 116 cm³/mol. The number of aromatic nitrogens is 1. The van der Waals surface area contributed by atoms with Gasteiger partial charge in [-0.15, -0.1) is 11.3 Å². The van der Waals surface area contributed by atoms with Gasteiger partial charge in [0, 0.05) is 17.4 Å². The summed E-state index contributed by atoms with van der Waals surface area (Å²) in [5, 5.41) is 5.10. The van der Waals surface area contributed by atoms with E-state index in [9.17, 15) is 9.59 Å². The zero-order valence-electron chi connectivity index (χ0n) is 16.6. The SMILES string of the molecule is CCc1ccc(-c2csc(NC(=O)[C@@H](C)OC(=O)CCc3ccccc3)n2)cc1. The molecule has 1 atom stereocenters. The van der Waals surface area contributed by atoms with E-state index >= 15 is 0 Å². The highest BCUT2D eigenvalue weighted by atomic mass is 32.1. The maximum atomic E-state index is 12.3. The zero-order valence-corrected chi connectivity index (χ0v) is 17.4. The lowest BCUT2D eigenvalue weighted by atomic mass is 10.1. The minimum absolute atomic E-state index is 0.233. The van der Waals surface area contributed by atoms with Crippen LogP contribution in [0.15, 0.2) is 60.0 Å². The molecule has 0 spiro atoms. The van der Waals surface area contributed by atoms with E-state index in [0.29, 0.717) is 11.6 Å². The second-order valence-electron chi connectivity index (χ2n) is 6.70. The van der Waals surface area contributed by atoms with Crippen LogP contribution < -0.4 is 5.32 Å². The predicted octanol–water partition coefficient (Wildman–Crippen LogP) is 4.88. The number of amides is 1. The maximum absolute atomic E-state index is 12.3. The van der Waals surface area contributed by atoms with E-state index in [1.165, 1.54) is 16.9 Å². The number of carbonyl (C=O) groups is 2. The number of benzene rings is 2. The lowest BCUT2D eigenvalue weighted by Crippen LogP contribution is -2.30. The first-order valence-electron chi connectivity index (χ1n) is 9.64. The van der Waals surface area contributed by atoms with Gasteiger partial charge in [-0.05, 0) is 30.9 Å². The van der Waals surface area contributed by atoms with Crippen LogP contribution in [0.25, 0.3) is 11.3 Å². The minimum Gasteiger partial charge on any atom is -0.453 e. The van der Waals surface area contributed by atoms with Gasteiger partial charge in [-0.25, -0.2) is 4.98 Å². The highest BCUT2D eigenvalue weighted by Gasteiger charge is 2.19. The van der Waals surface area contributed by atoms with E-state index in [0.717, 1.165) is 23.2 Å². The Bertz CT molecular complexity index is 952. The standard InChI is InChI=1S/C23H24N2O3S/c1-3-17-9-12-19(13-10-17)20-15-29-23(24-20)25-22(27)16(2)28-21(26)14-11-18-7-5-4-6-8-18/h4-10,12-13,15-16H,3,11,14H2,1-2H3,(H,24,25,27)/t16-/m1/s1. The molecule has 0 unspecified atom stereocenters. The van der Waals surface area contributed by atoms with E-state index in [4.69, 9.17) is 4.74 Å². The number of nitrogens with one attached hydrogen (secondary N) is 1. The van der Waals surface area contributed by atoms with Gasteiger partial charge in [0.1, 0.15) is 0 Å². The summed E-state index contributed by atoms with van der Waals surface area (Å²) >= 11 is 1.34. The minimum atomic E-state index is -0.880. The Morgan fingerprint density at radius 3 is 2.48 bits per heavy atom. The average molecular weight is 409 g/mol. The highest BCUT2D eigenvalue weighted by molar-refractivity contribution is 7.14. The lowest BCUT2D eigenvalue weighted by Gasteiger charge is -2.12. The van der Waals surface area contributed by atoms with Crippen molar-refractivity contribution in [2.75, 3.05) is 5.32 Å². The fraction of sp³-hybridized carbons (Fsp3) is 0.261. The third-order valence-corrected chi connectivity index (χ3v) is 5.29. The number of esters is 1. The molecule has 29 heavy (non-hydrogen) atoms. The summed E-state index contributed by atoms with van der Waals surface area (Å²) in [5.41, 5.74) is 4.13. The van der Waals surface area contributed by atoms with Gasteiger partial charge in [0.05, 0.1) is 5.69 Å². The molecule has 0 saturated heterocycles. The summed E-state index contributed by atoms with van der Waals surface area (Å²) in [6.45, 7) is 3.68. The number of carbonyl (C=O) groups excluding carboxylic acids is 2. The monoisotopic (exact) mass is 408 g/mol. The fourth-order valence-electron chi connectivity index (χ4n) is 2.78. The molecule has 0 aliphatic heterocycles. The van der Waals surface area contributed by atoms with Gasteiger partial charge in [-0.2, -0.15) is 0 Å². The normalized spacial score (nSPS) is 11.7. The molecule has 1 heterocycles. The molecule has 0 aliphatic carbocycles. The quantitative estimate of drug-likeness (QED) is 0.540. The molecule has 3 aromatic rings. The van der Waals surface area contributed by atoms with Crippen LogP contribution in [0.3, 0.4) is 0 Å². The Kier molecular flexibility index (Phi) is 7.14. The van der Waals surface area contributed by atoms with Gasteiger partial charge in [0.25, 0.3) is 5.91 Å². The Morgan fingerprint density at radius 2 is 1.79 bits per heavy atom. The number of rotatable bonds is 8. The molecule has 5 nitrogen and oxygen atoms in total. The van der Waals surface area contributed by atoms with Crippen molar-refractivity contribution in [1.29, 1.82) is 0 Å². The maximum Gasteiger partial charge on any atom is 0.306 e. The van der Waals surface area contributed by atoms with Crippen molar-refractivity contribution in [1.82, 2.24) is 4.98 Å². The summed E-state index contributed by atoms with van der Waals surface area (Å²) in [5.74, 6) is -0.785. The Labute approximate surface area is 174 Å². The van der Waals surface area contributed by atoms with Crippen molar-refractivity contribution in [3.8, 4) is 11.3 Å². The molecule has 0 radical (unpaired) electrons. The zero-order chi connectivity index (χ0) is 20.6. The first kappa shape index (κ1) is 20.7. The smallest absolute Gasteiger partial charge is 0.306 e. The molecule has 1 N–H and O–H groups in total. The Balaban J connectivity index is 1.50. The topological polar surface area (TPSA) is 68.3 Å². The van der Waals surface area contributed by atoms with Crippen LogP contribution in [0.4, 0.5) is 5.13 Å². The molecule has 1 aromatic heterocycles. The molecule has 1 amide bonds. The molecule has 0 aliphatic rings. The second kappa shape index (κ2) is 9.98. The molecule has 150 valence electrons. The van der Waals surface area contributed by atoms with Crippen LogP contribution in [0.2, 0.25) is 0 Å². The molecule has 0 fully saturated rings. The summed E-state index contributed by atoms with van der Waals surface area (Å²) < 4.78 is 5.25. The van der Waals surface area contributed by atoms with Gasteiger partial charge in [-0.3, -0.25) is 14.9 Å². The first-order chi connectivity index (χ1) is 14.0. The number of anilines is 1. The second-order valence-corrected chi connectivity index (χ2v) is 7.55. The molecular formula is C23H24N2O3S. The average Bonchev–Trinajstić information content (AvgIpc) is 3.21. The van der Waals surface area contributed by atoms with Gasteiger partial charge in [0.15, 0.2) is 11.2 Å². The van der Waals surface area contributed by atoms with E-state index in [2.05, 4.69) is 29.4 Å².